The minimum atomic E-state index is -0.964. The highest BCUT2D eigenvalue weighted by atomic mass is 19.1. The Bertz CT molecular complexity index is 687. The van der Waals surface area contributed by atoms with Crippen LogP contribution in [0.2, 0.25) is 0 Å². The monoisotopic (exact) mass is 276 g/mol. The molecule has 0 aromatic heterocycles. The van der Waals surface area contributed by atoms with Crippen LogP contribution >= 0.6 is 0 Å². The second-order valence-electron chi connectivity index (χ2n) is 4.02. The Morgan fingerprint density at radius 2 is 1.80 bits per heavy atom. The molecular weight excluding hydrogens is 266 g/mol. The van der Waals surface area contributed by atoms with Crippen LogP contribution in [0.1, 0.15) is 20.7 Å². The Morgan fingerprint density at radius 1 is 1.05 bits per heavy atom. The van der Waals surface area contributed by atoms with Gasteiger partial charge < -0.3 is 11.1 Å². The fourth-order valence-corrected chi connectivity index (χ4v) is 1.62. The standard InChI is InChI=1S/C14H10F2N2O2/c15-9-4-5-11(12(16)7-9)14(20)18-10-3-1-2-8(6-10)13(17)19/h1-7H,(H2,17,19)(H,18,20). The minimum absolute atomic E-state index is 0.211. The van der Waals surface area contributed by atoms with E-state index in [0.29, 0.717) is 6.07 Å². The number of hydrogen-bond donors (Lipinski definition) is 2. The number of nitrogens with two attached hydrogens (primary N) is 1. The molecule has 2 aromatic rings. The van der Waals surface area contributed by atoms with Crippen LogP contribution in [0.4, 0.5) is 14.5 Å². The van der Waals surface area contributed by atoms with E-state index in [1.54, 1.807) is 0 Å². The van der Waals surface area contributed by atoms with E-state index in [4.69, 9.17) is 5.73 Å². The number of hydrogen-bond acceptors (Lipinski definition) is 2. The van der Waals surface area contributed by atoms with E-state index in [2.05, 4.69) is 5.32 Å². The molecule has 0 radical (unpaired) electrons. The highest BCUT2D eigenvalue weighted by Gasteiger charge is 2.13. The average molecular weight is 276 g/mol. The molecule has 0 aliphatic carbocycles. The number of benzene rings is 2. The lowest BCUT2D eigenvalue weighted by Crippen LogP contribution is -2.15. The summed E-state index contributed by atoms with van der Waals surface area (Å²) in [4.78, 5) is 22.8. The van der Waals surface area contributed by atoms with Crippen molar-refractivity contribution in [1.29, 1.82) is 0 Å². The quantitative estimate of drug-likeness (QED) is 0.903. The third kappa shape index (κ3) is 2.97. The van der Waals surface area contributed by atoms with Crippen LogP contribution in [0.15, 0.2) is 42.5 Å². The first-order valence-electron chi connectivity index (χ1n) is 5.63. The number of anilines is 1. The van der Waals surface area contributed by atoms with Crippen molar-refractivity contribution in [3.63, 3.8) is 0 Å². The molecular formula is C14H10F2N2O2. The second-order valence-corrected chi connectivity index (χ2v) is 4.02. The first kappa shape index (κ1) is 13.7. The predicted octanol–water partition coefficient (Wildman–Crippen LogP) is 2.32. The summed E-state index contributed by atoms with van der Waals surface area (Å²) in [6.07, 6.45) is 0. The summed E-state index contributed by atoms with van der Waals surface area (Å²) in [5.41, 5.74) is 5.31. The molecule has 0 aliphatic heterocycles. The van der Waals surface area contributed by atoms with Crippen LogP contribution in [0.5, 0.6) is 0 Å². The molecule has 6 heteroatoms. The molecule has 0 saturated carbocycles. The lowest BCUT2D eigenvalue weighted by Gasteiger charge is -2.07. The minimum Gasteiger partial charge on any atom is -0.366 e. The van der Waals surface area contributed by atoms with E-state index in [1.807, 2.05) is 0 Å². The van der Waals surface area contributed by atoms with Gasteiger partial charge in [0.25, 0.3) is 5.91 Å². The molecule has 2 amide bonds. The molecule has 2 rings (SSSR count). The first-order chi connectivity index (χ1) is 9.47. The normalized spacial score (nSPS) is 10.1. The zero-order valence-electron chi connectivity index (χ0n) is 10.2. The van der Waals surface area contributed by atoms with E-state index in [1.165, 1.54) is 24.3 Å². The van der Waals surface area contributed by atoms with Gasteiger partial charge in [0, 0.05) is 17.3 Å². The van der Waals surface area contributed by atoms with E-state index in [9.17, 15) is 18.4 Å². The number of rotatable bonds is 3. The summed E-state index contributed by atoms with van der Waals surface area (Å²) in [5.74, 6) is -3.12. The molecule has 0 spiro atoms. The maximum atomic E-state index is 13.4. The SMILES string of the molecule is NC(=O)c1cccc(NC(=O)c2ccc(F)cc2F)c1. The van der Waals surface area contributed by atoms with Gasteiger partial charge in [-0.15, -0.1) is 0 Å². The molecule has 20 heavy (non-hydrogen) atoms. The van der Waals surface area contributed by atoms with E-state index < -0.39 is 23.4 Å². The molecule has 3 N–H and O–H groups in total. The summed E-state index contributed by atoms with van der Waals surface area (Å²) in [7, 11) is 0. The fraction of sp³-hybridized carbons (Fsp3) is 0. The van der Waals surface area contributed by atoms with Crippen molar-refractivity contribution < 1.29 is 18.4 Å². The molecule has 0 bridgehead atoms. The number of primary amides is 1. The fourth-order valence-electron chi connectivity index (χ4n) is 1.62. The Hall–Kier alpha value is -2.76. The first-order valence-corrected chi connectivity index (χ1v) is 5.63. The predicted molar refractivity (Wildman–Crippen MR) is 69.3 cm³/mol. The van der Waals surface area contributed by atoms with Crippen LogP contribution < -0.4 is 11.1 Å². The Balaban J connectivity index is 2.23. The van der Waals surface area contributed by atoms with Crippen molar-refractivity contribution in [2.45, 2.75) is 0 Å². The largest absolute Gasteiger partial charge is 0.366 e. The van der Waals surface area contributed by atoms with E-state index >= 15 is 0 Å². The Kier molecular flexibility index (Phi) is 3.74. The maximum absolute atomic E-state index is 13.4. The summed E-state index contributed by atoms with van der Waals surface area (Å²) in [5, 5.41) is 2.40. The molecule has 0 saturated heterocycles. The van der Waals surface area contributed by atoms with Gasteiger partial charge in [-0.1, -0.05) is 6.07 Å². The highest BCUT2D eigenvalue weighted by molar-refractivity contribution is 6.05. The summed E-state index contributed by atoms with van der Waals surface area (Å²) < 4.78 is 26.2. The molecule has 2 aromatic carbocycles. The van der Waals surface area contributed by atoms with Gasteiger partial charge in [-0.3, -0.25) is 9.59 Å². The van der Waals surface area contributed by atoms with E-state index in [-0.39, 0.29) is 16.8 Å². The zero-order valence-corrected chi connectivity index (χ0v) is 10.2. The van der Waals surface area contributed by atoms with Gasteiger partial charge in [0.05, 0.1) is 5.56 Å². The van der Waals surface area contributed by atoms with Crippen molar-refractivity contribution in [3.05, 3.63) is 65.2 Å². The van der Waals surface area contributed by atoms with Gasteiger partial charge in [-0.2, -0.15) is 0 Å². The van der Waals surface area contributed by atoms with Crippen LogP contribution in [-0.2, 0) is 0 Å². The molecule has 0 unspecified atom stereocenters. The number of carbonyl (C=O) groups excluding carboxylic acids is 2. The lowest BCUT2D eigenvalue weighted by molar-refractivity contribution is 0.0995. The van der Waals surface area contributed by atoms with Crippen molar-refractivity contribution in [2.75, 3.05) is 5.32 Å². The van der Waals surface area contributed by atoms with Crippen LogP contribution in [0, 0.1) is 11.6 Å². The lowest BCUT2D eigenvalue weighted by atomic mass is 10.1. The van der Waals surface area contributed by atoms with Crippen molar-refractivity contribution >= 4 is 17.5 Å². The van der Waals surface area contributed by atoms with Gasteiger partial charge in [0.15, 0.2) is 0 Å². The Morgan fingerprint density at radius 3 is 2.45 bits per heavy atom. The number of nitrogens with one attached hydrogen (secondary N) is 1. The van der Waals surface area contributed by atoms with Crippen LogP contribution in [0.3, 0.4) is 0 Å². The van der Waals surface area contributed by atoms with Crippen molar-refractivity contribution in [2.24, 2.45) is 5.73 Å². The molecule has 0 atom stereocenters. The Labute approximate surface area is 113 Å². The summed E-state index contributed by atoms with van der Waals surface area (Å²) in [6, 6.07) is 8.53. The van der Waals surface area contributed by atoms with Crippen LogP contribution in [-0.4, -0.2) is 11.8 Å². The maximum Gasteiger partial charge on any atom is 0.258 e. The highest BCUT2D eigenvalue weighted by Crippen LogP contribution is 2.14. The van der Waals surface area contributed by atoms with Gasteiger partial charge in [-0.25, -0.2) is 8.78 Å². The molecule has 0 aliphatic rings. The van der Waals surface area contributed by atoms with Crippen molar-refractivity contribution in [3.8, 4) is 0 Å². The van der Waals surface area contributed by atoms with Gasteiger partial charge in [0.2, 0.25) is 5.91 Å². The second kappa shape index (κ2) is 5.48. The molecule has 102 valence electrons. The molecule has 0 fully saturated rings. The molecule has 0 heterocycles. The summed E-state index contributed by atoms with van der Waals surface area (Å²) in [6.45, 7) is 0. The van der Waals surface area contributed by atoms with Crippen molar-refractivity contribution in [1.82, 2.24) is 0 Å². The number of amides is 2. The molecule has 4 nitrogen and oxygen atoms in total. The van der Waals surface area contributed by atoms with E-state index in [0.717, 1.165) is 12.1 Å². The zero-order chi connectivity index (χ0) is 14.7. The smallest absolute Gasteiger partial charge is 0.258 e. The van der Waals surface area contributed by atoms with Crippen LogP contribution in [0.25, 0.3) is 0 Å². The summed E-state index contributed by atoms with van der Waals surface area (Å²) >= 11 is 0. The van der Waals surface area contributed by atoms with Gasteiger partial charge >= 0.3 is 0 Å². The van der Waals surface area contributed by atoms with Gasteiger partial charge in [-0.05, 0) is 30.3 Å². The van der Waals surface area contributed by atoms with Gasteiger partial charge in [0.1, 0.15) is 11.6 Å². The number of carbonyl (C=O) groups is 2. The average Bonchev–Trinajstić information content (AvgIpc) is 2.38. The third-order valence-corrected chi connectivity index (χ3v) is 2.58. The number of halogens is 2. The third-order valence-electron chi connectivity index (χ3n) is 2.58. The topological polar surface area (TPSA) is 72.2 Å².